The van der Waals surface area contributed by atoms with E-state index >= 15 is 0 Å². The monoisotopic (exact) mass is 268 g/mol. The summed E-state index contributed by atoms with van der Waals surface area (Å²) >= 11 is 0. The molecule has 0 unspecified atom stereocenters. The number of nitrogens with zero attached hydrogens (tertiary/aromatic N) is 4. The summed E-state index contributed by atoms with van der Waals surface area (Å²) in [7, 11) is 0. The van der Waals surface area contributed by atoms with Crippen LogP contribution in [0.25, 0.3) is 0 Å². The first-order valence-corrected chi connectivity index (χ1v) is 6.71. The number of aromatic nitrogens is 2. The minimum Gasteiger partial charge on any atom is -0.352 e. The molecule has 5 nitrogen and oxygen atoms in total. The van der Waals surface area contributed by atoms with Gasteiger partial charge >= 0.3 is 0 Å². The lowest BCUT2D eigenvalue weighted by Gasteiger charge is -2.35. The molecule has 1 aromatic heterocycles. The molecule has 0 saturated carbocycles. The topological polar surface area (TPSA) is 49.3 Å². The molecule has 5 heteroatoms. The van der Waals surface area contributed by atoms with E-state index < -0.39 is 0 Å². The lowest BCUT2D eigenvalue weighted by atomic mass is 10.2. The van der Waals surface area contributed by atoms with Gasteiger partial charge in [0.15, 0.2) is 5.82 Å². The molecule has 1 amide bonds. The van der Waals surface area contributed by atoms with Crippen LogP contribution in [0.15, 0.2) is 48.7 Å². The van der Waals surface area contributed by atoms with E-state index in [0.29, 0.717) is 13.1 Å². The van der Waals surface area contributed by atoms with Crippen LogP contribution in [0.2, 0.25) is 0 Å². The van der Waals surface area contributed by atoms with Crippen LogP contribution in [0.3, 0.4) is 0 Å². The number of rotatable bonds is 2. The number of anilines is 1. The summed E-state index contributed by atoms with van der Waals surface area (Å²) in [5.41, 5.74) is 0.750. The van der Waals surface area contributed by atoms with Crippen molar-refractivity contribution >= 4 is 11.7 Å². The van der Waals surface area contributed by atoms with Crippen molar-refractivity contribution in [3.8, 4) is 0 Å². The van der Waals surface area contributed by atoms with E-state index in [-0.39, 0.29) is 5.91 Å². The van der Waals surface area contributed by atoms with Gasteiger partial charge in [0.25, 0.3) is 5.91 Å². The summed E-state index contributed by atoms with van der Waals surface area (Å²) in [6.45, 7) is 3.00. The second kappa shape index (κ2) is 5.69. The Morgan fingerprint density at radius 2 is 1.70 bits per heavy atom. The van der Waals surface area contributed by atoms with Crippen LogP contribution in [-0.2, 0) is 0 Å². The highest BCUT2D eigenvalue weighted by Gasteiger charge is 2.22. The third-order valence-corrected chi connectivity index (χ3v) is 3.47. The van der Waals surface area contributed by atoms with Crippen molar-refractivity contribution in [2.24, 2.45) is 0 Å². The number of hydrogen-bond acceptors (Lipinski definition) is 4. The van der Waals surface area contributed by atoms with Gasteiger partial charge in [0.1, 0.15) is 0 Å². The average Bonchev–Trinajstić information content (AvgIpc) is 2.56. The van der Waals surface area contributed by atoms with Crippen LogP contribution in [-0.4, -0.2) is 47.2 Å². The van der Waals surface area contributed by atoms with E-state index in [0.717, 1.165) is 24.5 Å². The number of carbonyl (C=O) groups is 1. The normalized spacial score (nSPS) is 15.2. The summed E-state index contributed by atoms with van der Waals surface area (Å²) in [5.74, 6) is 0.976. The Labute approximate surface area is 117 Å². The molecule has 102 valence electrons. The van der Waals surface area contributed by atoms with Crippen LogP contribution in [0.1, 0.15) is 10.4 Å². The number of benzene rings is 1. The first-order valence-electron chi connectivity index (χ1n) is 6.71. The van der Waals surface area contributed by atoms with Crippen molar-refractivity contribution in [1.29, 1.82) is 0 Å². The first-order chi connectivity index (χ1) is 9.84. The molecule has 0 atom stereocenters. The largest absolute Gasteiger partial charge is 0.352 e. The molecule has 0 N–H and O–H groups in total. The van der Waals surface area contributed by atoms with E-state index in [4.69, 9.17) is 0 Å². The molecule has 0 spiro atoms. The van der Waals surface area contributed by atoms with Crippen LogP contribution in [0.4, 0.5) is 5.82 Å². The Kier molecular flexibility index (Phi) is 3.58. The molecule has 20 heavy (non-hydrogen) atoms. The molecule has 0 radical (unpaired) electrons. The SMILES string of the molecule is O=C(c1ccccc1)N1CCN(c2cccnn2)CC1. The van der Waals surface area contributed by atoms with Crippen LogP contribution in [0, 0.1) is 0 Å². The molecular weight excluding hydrogens is 252 g/mol. The lowest BCUT2D eigenvalue weighted by molar-refractivity contribution is 0.0746. The molecule has 1 fully saturated rings. The van der Waals surface area contributed by atoms with Crippen molar-refractivity contribution in [2.75, 3.05) is 31.1 Å². The van der Waals surface area contributed by atoms with Gasteiger partial charge in [-0.2, -0.15) is 5.10 Å². The molecule has 3 rings (SSSR count). The van der Waals surface area contributed by atoms with E-state index in [2.05, 4.69) is 15.1 Å². The van der Waals surface area contributed by atoms with E-state index in [9.17, 15) is 4.79 Å². The number of carbonyl (C=O) groups excluding carboxylic acids is 1. The third-order valence-electron chi connectivity index (χ3n) is 3.47. The Balaban J connectivity index is 1.63. The highest BCUT2D eigenvalue weighted by Crippen LogP contribution is 2.13. The maximum atomic E-state index is 12.3. The highest BCUT2D eigenvalue weighted by molar-refractivity contribution is 5.94. The van der Waals surface area contributed by atoms with Crippen molar-refractivity contribution in [1.82, 2.24) is 15.1 Å². The second-order valence-electron chi connectivity index (χ2n) is 4.73. The van der Waals surface area contributed by atoms with Gasteiger partial charge in [-0.1, -0.05) is 18.2 Å². The predicted octanol–water partition coefficient (Wildman–Crippen LogP) is 1.44. The highest BCUT2D eigenvalue weighted by atomic mass is 16.2. The number of hydrogen-bond donors (Lipinski definition) is 0. The average molecular weight is 268 g/mol. The van der Waals surface area contributed by atoms with Crippen molar-refractivity contribution < 1.29 is 4.79 Å². The third kappa shape index (κ3) is 2.61. The molecule has 1 aliphatic rings. The minimum absolute atomic E-state index is 0.101. The molecule has 1 aromatic carbocycles. The fourth-order valence-corrected chi connectivity index (χ4v) is 2.36. The van der Waals surface area contributed by atoms with Crippen molar-refractivity contribution in [2.45, 2.75) is 0 Å². The van der Waals surface area contributed by atoms with Gasteiger partial charge < -0.3 is 9.80 Å². The van der Waals surface area contributed by atoms with Gasteiger partial charge in [-0.05, 0) is 24.3 Å². The molecule has 2 heterocycles. The summed E-state index contributed by atoms with van der Waals surface area (Å²) in [6, 6.07) is 13.2. The molecule has 0 bridgehead atoms. The van der Waals surface area contributed by atoms with Crippen molar-refractivity contribution in [3.05, 3.63) is 54.2 Å². The Hall–Kier alpha value is -2.43. The van der Waals surface area contributed by atoms with Crippen LogP contribution >= 0.6 is 0 Å². The van der Waals surface area contributed by atoms with Crippen LogP contribution < -0.4 is 4.90 Å². The quantitative estimate of drug-likeness (QED) is 0.827. The first kappa shape index (κ1) is 12.6. The van der Waals surface area contributed by atoms with Gasteiger partial charge in [0.05, 0.1) is 0 Å². The number of piperazine rings is 1. The van der Waals surface area contributed by atoms with Crippen LogP contribution in [0.5, 0.6) is 0 Å². The molecule has 1 saturated heterocycles. The maximum Gasteiger partial charge on any atom is 0.253 e. The maximum absolute atomic E-state index is 12.3. The van der Waals surface area contributed by atoms with Gasteiger partial charge in [0.2, 0.25) is 0 Å². The van der Waals surface area contributed by atoms with Crippen molar-refractivity contribution in [3.63, 3.8) is 0 Å². The zero-order valence-electron chi connectivity index (χ0n) is 11.1. The Bertz CT molecular complexity index is 565. The van der Waals surface area contributed by atoms with Gasteiger partial charge in [-0.3, -0.25) is 4.79 Å². The van der Waals surface area contributed by atoms with Gasteiger partial charge in [-0.25, -0.2) is 0 Å². The van der Waals surface area contributed by atoms with E-state index in [1.165, 1.54) is 0 Å². The molecule has 1 aliphatic heterocycles. The Morgan fingerprint density at radius 1 is 0.950 bits per heavy atom. The summed E-state index contributed by atoms with van der Waals surface area (Å²) in [5, 5.41) is 7.99. The summed E-state index contributed by atoms with van der Waals surface area (Å²) in [4.78, 5) is 16.4. The zero-order valence-corrected chi connectivity index (χ0v) is 11.1. The zero-order chi connectivity index (χ0) is 13.8. The smallest absolute Gasteiger partial charge is 0.253 e. The van der Waals surface area contributed by atoms with Gasteiger partial charge in [-0.15, -0.1) is 5.10 Å². The molecule has 2 aromatic rings. The number of amides is 1. The fourth-order valence-electron chi connectivity index (χ4n) is 2.36. The molecule has 0 aliphatic carbocycles. The summed E-state index contributed by atoms with van der Waals surface area (Å²) < 4.78 is 0. The summed E-state index contributed by atoms with van der Waals surface area (Å²) in [6.07, 6.45) is 1.67. The van der Waals surface area contributed by atoms with Gasteiger partial charge in [0, 0.05) is 37.9 Å². The minimum atomic E-state index is 0.101. The standard InChI is InChI=1S/C15H16N4O/c20-15(13-5-2-1-3-6-13)19-11-9-18(10-12-19)14-7-4-8-16-17-14/h1-8H,9-12H2. The van der Waals surface area contributed by atoms with E-state index in [1.54, 1.807) is 6.20 Å². The lowest BCUT2D eigenvalue weighted by Crippen LogP contribution is -2.49. The Morgan fingerprint density at radius 3 is 2.35 bits per heavy atom. The second-order valence-corrected chi connectivity index (χ2v) is 4.73. The van der Waals surface area contributed by atoms with E-state index in [1.807, 2.05) is 47.4 Å². The molecular formula is C15H16N4O. The predicted molar refractivity (Wildman–Crippen MR) is 76.6 cm³/mol. The fraction of sp³-hybridized carbons (Fsp3) is 0.267.